The van der Waals surface area contributed by atoms with Crippen LogP contribution in [0, 0.1) is 12.7 Å². The Kier molecular flexibility index (Phi) is 5.52. The van der Waals surface area contributed by atoms with Crippen LogP contribution >= 0.6 is 0 Å². The third kappa shape index (κ3) is 4.42. The standard InChI is InChI=1S/C19H19FO3/c1-3-10-23-18-9-6-15(11-13(18)2)17(19(21)22)12-14-4-7-16(20)8-5-14/h4-9,11-12H,3,10H2,1-2H3,(H,21,22)/b17-12-. The molecule has 0 heterocycles. The maximum absolute atomic E-state index is 13.0. The van der Waals surface area contributed by atoms with Gasteiger partial charge in [-0.1, -0.05) is 25.1 Å². The van der Waals surface area contributed by atoms with E-state index < -0.39 is 5.97 Å². The van der Waals surface area contributed by atoms with Crippen molar-refractivity contribution in [3.63, 3.8) is 0 Å². The zero-order chi connectivity index (χ0) is 16.8. The van der Waals surface area contributed by atoms with Crippen LogP contribution in [0.1, 0.15) is 30.0 Å². The van der Waals surface area contributed by atoms with Crippen molar-refractivity contribution in [2.24, 2.45) is 0 Å². The average Bonchev–Trinajstić information content (AvgIpc) is 2.53. The van der Waals surface area contributed by atoms with Gasteiger partial charge in [0, 0.05) is 0 Å². The summed E-state index contributed by atoms with van der Waals surface area (Å²) in [6.45, 7) is 4.53. The van der Waals surface area contributed by atoms with Gasteiger partial charge >= 0.3 is 5.97 Å². The number of hydrogen-bond donors (Lipinski definition) is 1. The first-order valence-electron chi connectivity index (χ1n) is 7.45. The van der Waals surface area contributed by atoms with Gasteiger partial charge in [0.15, 0.2) is 0 Å². The summed E-state index contributed by atoms with van der Waals surface area (Å²) >= 11 is 0. The molecule has 3 nitrogen and oxygen atoms in total. The molecule has 0 saturated heterocycles. The lowest BCUT2D eigenvalue weighted by Crippen LogP contribution is -2.02. The Labute approximate surface area is 135 Å². The molecule has 0 amide bonds. The van der Waals surface area contributed by atoms with E-state index >= 15 is 0 Å². The average molecular weight is 314 g/mol. The van der Waals surface area contributed by atoms with Crippen LogP contribution in [0.4, 0.5) is 4.39 Å². The zero-order valence-electron chi connectivity index (χ0n) is 13.2. The second-order valence-corrected chi connectivity index (χ2v) is 5.24. The van der Waals surface area contributed by atoms with E-state index in [-0.39, 0.29) is 11.4 Å². The molecule has 1 N–H and O–H groups in total. The van der Waals surface area contributed by atoms with Gasteiger partial charge in [0.2, 0.25) is 0 Å². The third-order valence-electron chi connectivity index (χ3n) is 3.36. The van der Waals surface area contributed by atoms with Crippen molar-refractivity contribution in [2.75, 3.05) is 6.61 Å². The molecule has 4 heteroatoms. The summed E-state index contributed by atoms with van der Waals surface area (Å²) in [5, 5.41) is 9.47. The van der Waals surface area contributed by atoms with E-state index in [4.69, 9.17) is 4.74 Å². The number of rotatable bonds is 6. The Bertz CT molecular complexity index is 718. The Balaban J connectivity index is 2.36. The van der Waals surface area contributed by atoms with Gasteiger partial charge in [0.25, 0.3) is 0 Å². The molecule has 23 heavy (non-hydrogen) atoms. The quantitative estimate of drug-likeness (QED) is 0.628. The number of ether oxygens (including phenoxy) is 1. The fourth-order valence-corrected chi connectivity index (χ4v) is 2.19. The third-order valence-corrected chi connectivity index (χ3v) is 3.36. The minimum absolute atomic E-state index is 0.154. The Hall–Kier alpha value is -2.62. The summed E-state index contributed by atoms with van der Waals surface area (Å²) < 4.78 is 18.6. The SMILES string of the molecule is CCCOc1ccc(/C(=C/c2ccc(F)cc2)C(=O)O)cc1C. The van der Waals surface area contributed by atoms with Gasteiger partial charge in [0.1, 0.15) is 11.6 Å². The van der Waals surface area contributed by atoms with E-state index in [9.17, 15) is 14.3 Å². The van der Waals surface area contributed by atoms with E-state index in [1.165, 1.54) is 18.2 Å². The van der Waals surface area contributed by atoms with E-state index in [2.05, 4.69) is 0 Å². The molecule has 0 fully saturated rings. The summed E-state index contributed by atoms with van der Waals surface area (Å²) in [5.74, 6) is -0.634. The maximum Gasteiger partial charge on any atom is 0.336 e. The molecular weight excluding hydrogens is 295 g/mol. The van der Waals surface area contributed by atoms with Gasteiger partial charge in [-0.25, -0.2) is 9.18 Å². The van der Waals surface area contributed by atoms with Gasteiger partial charge < -0.3 is 9.84 Å². The number of aryl methyl sites for hydroxylation is 1. The molecule has 0 aromatic heterocycles. The first-order chi connectivity index (χ1) is 11.0. The highest BCUT2D eigenvalue weighted by Gasteiger charge is 2.12. The van der Waals surface area contributed by atoms with Crippen LogP contribution in [-0.4, -0.2) is 17.7 Å². The predicted molar refractivity (Wildman–Crippen MR) is 88.9 cm³/mol. The largest absolute Gasteiger partial charge is 0.493 e. The highest BCUT2D eigenvalue weighted by Crippen LogP contribution is 2.25. The van der Waals surface area contributed by atoms with Crippen molar-refractivity contribution >= 4 is 17.6 Å². The first-order valence-corrected chi connectivity index (χ1v) is 7.45. The normalized spacial score (nSPS) is 11.3. The lowest BCUT2D eigenvalue weighted by Gasteiger charge is -2.10. The highest BCUT2D eigenvalue weighted by atomic mass is 19.1. The molecule has 2 aromatic carbocycles. The van der Waals surface area contributed by atoms with Crippen molar-refractivity contribution < 1.29 is 19.0 Å². The summed E-state index contributed by atoms with van der Waals surface area (Å²) in [5.41, 5.74) is 2.25. The number of benzene rings is 2. The van der Waals surface area contributed by atoms with Crippen molar-refractivity contribution in [3.05, 3.63) is 65.0 Å². The molecule has 0 aliphatic rings. The molecule has 2 rings (SSSR count). The summed E-state index contributed by atoms with van der Waals surface area (Å²) in [6, 6.07) is 11.0. The fourth-order valence-electron chi connectivity index (χ4n) is 2.19. The van der Waals surface area contributed by atoms with Crippen LogP contribution in [0.3, 0.4) is 0 Å². The Morgan fingerprint density at radius 3 is 2.48 bits per heavy atom. The summed E-state index contributed by atoms with van der Waals surface area (Å²) in [6.07, 6.45) is 2.44. The van der Waals surface area contributed by atoms with Crippen LogP contribution in [0.15, 0.2) is 42.5 Å². The van der Waals surface area contributed by atoms with Crippen molar-refractivity contribution in [1.29, 1.82) is 0 Å². The monoisotopic (exact) mass is 314 g/mol. The van der Waals surface area contributed by atoms with Crippen LogP contribution < -0.4 is 4.74 Å². The lowest BCUT2D eigenvalue weighted by molar-refractivity contribution is -0.130. The molecule has 0 bridgehead atoms. The van der Waals surface area contributed by atoms with Gasteiger partial charge in [-0.05, 0) is 60.4 Å². The zero-order valence-corrected chi connectivity index (χ0v) is 13.2. The molecule has 0 radical (unpaired) electrons. The van der Waals surface area contributed by atoms with Crippen LogP contribution in [-0.2, 0) is 4.79 Å². The first kappa shape index (κ1) is 16.7. The Morgan fingerprint density at radius 1 is 1.22 bits per heavy atom. The molecule has 120 valence electrons. The molecule has 0 aliphatic heterocycles. The van der Waals surface area contributed by atoms with Gasteiger partial charge in [-0.3, -0.25) is 0 Å². The number of hydrogen-bond acceptors (Lipinski definition) is 2. The molecule has 0 spiro atoms. The van der Waals surface area contributed by atoms with Gasteiger partial charge in [-0.2, -0.15) is 0 Å². The molecule has 0 atom stereocenters. The highest BCUT2D eigenvalue weighted by molar-refractivity contribution is 6.20. The van der Waals surface area contributed by atoms with E-state index in [0.717, 1.165) is 17.7 Å². The van der Waals surface area contributed by atoms with Crippen molar-refractivity contribution in [2.45, 2.75) is 20.3 Å². The second-order valence-electron chi connectivity index (χ2n) is 5.24. The molecule has 0 saturated carbocycles. The van der Waals surface area contributed by atoms with Crippen LogP contribution in [0.5, 0.6) is 5.75 Å². The van der Waals surface area contributed by atoms with Crippen LogP contribution in [0.25, 0.3) is 11.6 Å². The van der Waals surface area contributed by atoms with Crippen molar-refractivity contribution in [1.82, 2.24) is 0 Å². The predicted octanol–water partition coefficient (Wildman–Crippen LogP) is 4.55. The number of aliphatic carboxylic acids is 1. The maximum atomic E-state index is 13.0. The number of carboxylic acid groups (broad SMARTS) is 1. The summed E-state index contributed by atoms with van der Waals surface area (Å²) in [7, 11) is 0. The minimum atomic E-state index is -1.03. The van der Waals surface area contributed by atoms with Gasteiger partial charge in [0.05, 0.1) is 12.2 Å². The topological polar surface area (TPSA) is 46.5 Å². The van der Waals surface area contributed by atoms with Crippen LogP contribution in [0.2, 0.25) is 0 Å². The number of halogens is 1. The smallest absolute Gasteiger partial charge is 0.336 e. The van der Waals surface area contributed by atoms with E-state index in [0.29, 0.717) is 17.7 Å². The Morgan fingerprint density at radius 2 is 1.91 bits per heavy atom. The number of carbonyl (C=O) groups is 1. The lowest BCUT2D eigenvalue weighted by atomic mass is 10.0. The minimum Gasteiger partial charge on any atom is -0.493 e. The molecule has 0 aliphatic carbocycles. The molecule has 2 aromatic rings. The fraction of sp³-hybridized carbons (Fsp3) is 0.211. The van der Waals surface area contributed by atoms with E-state index in [1.807, 2.05) is 13.8 Å². The number of carboxylic acids is 1. The van der Waals surface area contributed by atoms with Crippen molar-refractivity contribution in [3.8, 4) is 5.75 Å². The van der Waals surface area contributed by atoms with Gasteiger partial charge in [-0.15, -0.1) is 0 Å². The molecule has 0 unspecified atom stereocenters. The summed E-state index contributed by atoms with van der Waals surface area (Å²) in [4.78, 5) is 11.6. The van der Waals surface area contributed by atoms with E-state index in [1.54, 1.807) is 30.3 Å². The molecular formula is C19H19FO3. The second kappa shape index (κ2) is 7.58.